The van der Waals surface area contributed by atoms with Crippen molar-refractivity contribution in [1.82, 2.24) is 5.32 Å². The molecule has 2 aliphatic carbocycles. The number of rotatable bonds is 2. The molecule has 0 saturated heterocycles. The molecule has 3 atom stereocenters. The molecule has 2 rings (SSSR count). The van der Waals surface area contributed by atoms with Gasteiger partial charge < -0.3 is 5.32 Å². The van der Waals surface area contributed by atoms with Crippen molar-refractivity contribution in [3.63, 3.8) is 0 Å². The maximum Gasteiger partial charge on any atom is 0.00670 e. The van der Waals surface area contributed by atoms with Crippen LogP contribution in [-0.4, -0.2) is 13.1 Å². The van der Waals surface area contributed by atoms with Crippen LogP contribution >= 0.6 is 0 Å². The second-order valence-electron chi connectivity index (χ2n) is 5.84. The highest BCUT2D eigenvalue weighted by Crippen LogP contribution is 2.41. The van der Waals surface area contributed by atoms with Crippen LogP contribution < -0.4 is 5.32 Å². The van der Waals surface area contributed by atoms with Gasteiger partial charge >= 0.3 is 0 Å². The van der Waals surface area contributed by atoms with E-state index in [0.717, 1.165) is 23.8 Å². The fraction of sp³-hybridized carbons (Fsp3) is 1.00. The van der Waals surface area contributed by atoms with E-state index in [-0.39, 0.29) is 0 Å². The van der Waals surface area contributed by atoms with E-state index in [9.17, 15) is 0 Å². The van der Waals surface area contributed by atoms with Crippen molar-refractivity contribution in [2.45, 2.75) is 64.3 Å². The van der Waals surface area contributed by atoms with Gasteiger partial charge in [0.1, 0.15) is 0 Å². The molecule has 0 radical (unpaired) electrons. The molecular weight excluding hydrogens is 182 g/mol. The standard InChI is InChI=1S/C14H27N/c1-11-8-9-13(15-2)10-14(11)12-6-4-3-5-7-12/h11-15H,3-10H2,1-2H3. The molecule has 0 aromatic rings. The molecule has 88 valence electrons. The molecule has 0 aromatic heterocycles. The summed E-state index contributed by atoms with van der Waals surface area (Å²) in [6, 6.07) is 0.813. The summed E-state index contributed by atoms with van der Waals surface area (Å²) in [6.45, 7) is 2.49. The zero-order valence-electron chi connectivity index (χ0n) is 10.5. The van der Waals surface area contributed by atoms with E-state index in [1.165, 1.54) is 51.4 Å². The van der Waals surface area contributed by atoms with Gasteiger partial charge in [0, 0.05) is 6.04 Å². The summed E-state index contributed by atoms with van der Waals surface area (Å²) in [6.07, 6.45) is 11.8. The summed E-state index contributed by atoms with van der Waals surface area (Å²) in [5.74, 6) is 3.07. The summed E-state index contributed by atoms with van der Waals surface area (Å²) < 4.78 is 0. The lowest BCUT2D eigenvalue weighted by molar-refractivity contribution is 0.120. The first-order chi connectivity index (χ1) is 7.31. The van der Waals surface area contributed by atoms with Crippen LogP contribution in [0, 0.1) is 17.8 Å². The quantitative estimate of drug-likeness (QED) is 0.733. The number of hydrogen-bond acceptors (Lipinski definition) is 1. The van der Waals surface area contributed by atoms with Gasteiger partial charge in [0.2, 0.25) is 0 Å². The van der Waals surface area contributed by atoms with Crippen molar-refractivity contribution in [3.8, 4) is 0 Å². The molecule has 0 aromatic carbocycles. The minimum absolute atomic E-state index is 0.813. The van der Waals surface area contributed by atoms with Crippen molar-refractivity contribution >= 4 is 0 Å². The Morgan fingerprint density at radius 2 is 1.67 bits per heavy atom. The van der Waals surface area contributed by atoms with Gasteiger partial charge in [-0.1, -0.05) is 39.0 Å². The Labute approximate surface area is 95.0 Å². The fourth-order valence-corrected chi connectivity index (χ4v) is 3.84. The Bertz CT molecular complexity index is 184. The van der Waals surface area contributed by atoms with Crippen LogP contribution in [0.25, 0.3) is 0 Å². The zero-order chi connectivity index (χ0) is 10.7. The smallest absolute Gasteiger partial charge is 0.00670 e. The molecule has 3 unspecified atom stereocenters. The first kappa shape index (κ1) is 11.4. The van der Waals surface area contributed by atoms with Crippen LogP contribution in [0.15, 0.2) is 0 Å². The van der Waals surface area contributed by atoms with Crippen molar-refractivity contribution < 1.29 is 0 Å². The van der Waals surface area contributed by atoms with Crippen molar-refractivity contribution in [2.75, 3.05) is 7.05 Å². The average molecular weight is 209 g/mol. The van der Waals surface area contributed by atoms with E-state index in [1.807, 2.05) is 0 Å². The Morgan fingerprint density at radius 3 is 2.33 bits per heavy atom. The van der Waals surface area contributed by atoms with Gasteiger partial charge in [-0.25, -0.2) is 0 Å². The highest BCUT2D eigenvalue weighted by molar-refractivity contribution is 4.86. The van der Waals surface area contributed by atoms with Crippen LogP contribution in [0.3, 0.4) is 0 Å². The monoisotopic (exact) mass is 209 g/mol. The van der Waals surface area contributed by atoms with Gasteiger partial charge in [-0.2, -0.15) is 0 Å². The average Bonchev–Trinajstić information content (AvgIpc) is 2.31. The van der Waals surface area contributed by atoms with Gasteiger partial charge in [0.15, 0.2) is 0 Å². The molecule has 1 nitrogen and oxygen atoms in total. The summed E-state index contributed by atoms with van der Waals surface area (Å²) >= 11 is 0. The third kappa shape index (κ3) is 2.75. The molecule has 2 aliphatic rings. The molecule has 1 N–H and O–H groups in total. The van der Waals surface area contributed by atoms with E-state index >= 15 is 0 Å². The lowest BCUT2D eigenvalue weighted by Crippen LogP contribution is -2.38. The van der Waals surface area contributed by atoms with Gasteiger partial charge in [-0.3, -0.25) is 0 Å². The van der Waals surface area contributed by atoms with Crippen LogP contribution in [-0.2, 0) is 0 Å². The summed E-state index contributed by atoms with van der Waals surface area (Å²) in [7, 11) is 2.14. The van der Waals surface area contributed by atoms with E-state index in [1.54, 1.807) is 0 Å². The molecule has 0 spiro atoms. The number of hydrogen-bond donors (Lipinski definition) is 1. The SMILES string of the molecule is CNC1CCC(C)C(C2CCCCC2)C1. The Hall–Kier alpha value is -0.0400. The predicted octanol–water partition coefficient (Wildman–Crippen LogP) is 3.59. The van der Waals surface area contributed by atoms with Gasteiger partial charge in [0.05, 0.1) is 0 Å². The Morgan fingerprint density at radius 1 is 0.933 bits per heavy atom. The van der Waals surface area contributed by atoms with Crippen LogP contribution in [0.4, 0.5) is 0 Å². The molecule has 0 amide bonds. The van der Waals surface area contributed by atoms with Crippen molar-refractivity contribution in [2.24, 2.45) is 17.8 Å². The highest BCUT2D eigenvalue weighted by Gasteiger charge is 2.33. The van der Waals surface area contributed by atoms with Gasteiger partial charge in [-0.15, -0.1) is 0 Å². The topological polar surface area (TPSA) is 12.0 Å². The molecule has 2 saturated carbocycles. The molecule has 0 bridgehead atoms. The Balaban J connectivity index is 1.92. The molecule has 1 heteroatoms. The first-order valence-electron chi connectivity index (χ1n) is 6.98. The predicted molar refractivity (Wildman–Crippen MR) is 65.9 cm³/mol. The summed E-state index contributed by atoms with van der Waals surface area (Å²) in [4.78, 5) is 0. The second kappa shape index (κ2) is 5.34. The fourth-order valence-electron chi connectivity index (χ4n) is 3.84. The lowest BCUT2D eigenvalue weighted by Gasteiger charge is -2.40. The molecule has 0 heterocycles. The molecule has 15 heavy (non-hydrogen) atoms. The van der Waals surface area contributed by atoms with Crippen molar-refractivity contribution in [1.29, 1.82) is 0 Å². The minimum Gasteiger partial charge on any atom is -0.317 e. The molecule has 2 fully saturated rings. The van der Waals surface area contributed by atoms with E-state index < -0.39 is 0 Å². The molecule has 0 aliphatic heterocycles. The van der Waals surface area contributed by atoms with Crippen LogP contribution in [0.5, 0.6) is 0 Å². The second-order valence-corrected chi connectivity index (χ2v) is 5.84. The van der Waals surface area contributed by atoms with E-state index in [4.69, 9.17) is 0 Å². The van der Waals surface area contributed by atoms with Gasteiger partial charge in [-0.05, 0) is 44.1 Å². The van der Waals surface area contributed by atoms with E-state index in [0.29, 0.717) is 0 Å². The Kier molecular flexibility index (Phi) is 4.07. The minimum atomic E-state index is 0.813. The van der Waals surface area contributed by atoms with Gasteiger partial charge in [0.25, 0.3) is 0 Å². The van der Waals surface area contributed by atoms with Crippen molar-refractivity contribution in [3.05, 3.63) is 0 Å². The third-order valence-electron chi connectivity index (χ3n) is 4.92. The maximum atomic E-state index is 3.49. The number of nitrogens with one attached hydrogen (secondary N) is 1. The van der Waals surface area contributed by atoms with Crippen LogP contribution in [0.2, 0.25) is 0 Å². The zero-order valence-corrected chi connectivity index (χ0v) is 10.5. The lowest BCUT2D eigenvalue weighted by atomic mass is 9.67. The maximum absolute atomic E-state index is 3.49. The van der Waals surface area contributed by atoms with E-state index in [2.05, 4.69) is 19.3 Å². The largest absolute Gasteiger partial charge is 0.317 e. The first-order valence-corrected chi connectivity index (χ1v) is 6.98. The normalized spacial score (nSPS) is 39.2. The third-order valence-corrected chi connectivity index (χ3v) is 4.92. The van der Waals surface area contributed by atoms with Crippen LogP contribution in [0.1, 0.15) is 58.3 Å². The summed E-state index contributed by atoms with van der Waals surface area (Å²) in [5, 5.41) is 3.49. The summed E-state index contributed by atoms with van der Waals surface area (Å²) in [5.41, 5.74) is 0. The highest BCUT2D eigenvalue weighted by atomic mass is 14.9. The molecular formula is C14H27N.